The molecule has 0 radical (unpaired) electrons. The number of pyridine rings is 1. The number of ether oxygens (including phenoxy) is 2. The molecule has 4 aliphatic rings. The zero-order valence-corrected chi connectivity index (χ0v) is 18.9. The van der Waals surface area contributed by atoms with Gasteiger partial charge in [0.1, 0.15) is 17.5 Å². The molecule has 5 rings (SSSR count). The van der Waals surface area contributed by atoms with Gasteiger partial charge in [0.15, 0.2) is 5.78 Å². The third kappa shape index (κ3) is 3.33. The molecule has 1 fully saturated rings. The third-order valence-electron chi connectivity index (χ3n) is 7.77. The molecule has 7 heteroatoms. The second kappa shape index (κ2) is 7.40. The molecule has 1 aromatic rings. The summed E-state index contributed by atoms with van der Waals surface area (Å²) in [6, 6.07) is 3.89. The summed E-state index contributed by atoms with van der Waals surface area (Å²) in [4.78, 5) is 40.6. The van der Waals surface area contributed by atoms with E-state index in [0.717, 1.165) is 11.1 Å². The van der Waals surface area contributed by atoms with Crippen LogP contribution in [0.15, 0.2) is 59.7 Å². The Bertz CT molecular complexity index is 1130. The van der Waals surface area contributed by atoms with E-state index in [2.05, 4.69) is 18.0 Å². The lowest BCUT2D eigenvalue weighted by atomic mass is 9.64. The van der Waals surface area contributed by atoms with Crippen molar-refractivity contribution in [2.45, 2.75) is 57.7 Å². The lowest BCUT2D eigenvalue weighted by Crippen LogP contribution is -2.42. The quantitative estimate of drug-likeness (QED) is 0.702. The monoisotopic (exact) mass is 449 g/mol. The van der Waals surface area contributed by atoms with E-state index in [-0.39, 0.29) is 42.5 Å². The molecule has 3 aliphatic carbocycles. The highest BCUT2D eigenvalue weighted by Crippen LogP contribution is 2.64. The van der Waals surface area contributed by atoms with Gasteiger partial charge in [-0.25, -0.2) is 0 Å². The van der Waals surface area contributed by atoms with Crippen molar-refractivity contribution in [1.82, 2.24) is 4.98 Å². The smallest absolute Gasteiger partial charge is 0.307 e. The molecule has 33 heavy (non-hydrogen) atoms. The van der Waals surface area contributed by atoms with Gasteiger partial charge in [-0.3, -0.25) is 19.4 Å². The first kappa shape index (κ1) is 21.6. The van der Waals surface area contributed by atoms with Crippen molar-refractivity contribution in [3.63, 3.8) is 0 Å². The number of hydrogen-bond donors (Lipinski definition) is 1. The maximum atomic E-state index is 12.6. The molecule has 1 aliphatic heterocycles. The van der Waals surface area contributed by atoms with Gasteiger partial charge in [-0.2, -0.15) is 0 Å². The first-order chi connectivity index (χ1) is 15.6. The van der Waals surface area contributed by atoms with Crippen molar-refractivity contribution >= 4 is 17.7 Å². The predicted molar refractivity (Wildman–Crippen MR) is 118 cm³/mol. The first-order valence-corrected chi connectivity index (χ1v) is 11.3. The number of aliphatic carboxylic acids is 1. The number of carbonyl (C=O) groups excluding carboxylic acids is 2. The van der Waals surface area contributed by atoms with Gasteiger partial charge in [0, 0.05) is 49.4 Å². The number of hydrogen-bond acceptors (Lipinski definition) is 6. The summed E-state index contributed by atoms with van der Waals surface area (Å²) in [7, 11) is 0. The molecule has 6 atom stereocenters. The second-order valence-electron chi connectivity index (χ2n) is 10.0. The summed E-state index contributed by atoms with van der Waals surface area (Å²) < 4.78 is 12.4. The molecule has 1 N–H and O–H groups in total. The second-order valence-corrected chi connectivity index (χ2v) is 10.0. The Kier molecular flexibility index (Phi) is 4.85. The fraction of sp³-hybridized carbons (Fsp3) is 0.462. The van der Waals surface area contributed by atoms with Crippen molar-refractivity contribution in [2.24, 2.45) is 17.3 Å². The van der Waals surface area contributed by atoms with Gasteiger partial charge in [-0.1, -0.05) is 25.1 Å². The van der Waals surface area contributed by atoms with Crippen LogP contribution in [0.2, 0.25) is 0 Å². The standard InChI is InChI=1S/C26H27NO6/c1-14(28)33-26(3)12-19-22-15(6-7-25(19,2)23(26)16-5-4-8-27-13-16)9-18-20(29)10-17(24(30)31)11-21(18)32-22/h4-9,13,17,19,22-23H,10-12H2,1-3H3,(H,30,31)/t17?,19-,22+,23+,25-,26?/m0/s1. The minimum absolute atomic E-state index is 0.00949. The molecule has 7 nitrogen and oxygen atoms in total. The first-order valence-electron chi connectivity index (χ1n) is 11.3. The number of esters is 1. The average molecular weight is 450 g/mol. The van der Waals surface area contributed by atoms with Gasteiger partial charge >= 0.3 is 11.9 Å². The van der Waals surface area contributed by atoms with Gasteiger partial charge in [0.25, 0.3) is 0 Å². The van der Waals surface area contributed by atoms with E-state index < -0.39 is 22.9 Å². The number of carbonyl (C=O) groups is 3. The minimum Gasteiger partial charge on any atom is -0.489 e. The molecule has 2 heterocycles. The van der Waals surface area contributed by atoms with Crippen LogP contribution >= 0.6 is 0 Å². The zero-order valence-electron chi connectivity index (χ0n) is 18.9. The molecule has 0 spiro atoms. The summed E-state index contributed by atoms with van der Waals surface area (Å²) >= 11 is 0. The number of rotatable bonds is 3. The van der Waals surface area contributed by atoms with Crippen molar-refractivity contribution in [1.29, 1.82) is 0 Å². The van der Waals surface area contributed by atoms with E-state index in [9.17, 15) is 19.5 Å². The largest absolute Gasteiger partial charge is 0.489 e. The number of ketones is 1. The Morgan fingerprint density at radius 1 is 1.27 bits per heavy atom. The van der Waals surface area contributed by atoms with Crippen LogP contribution in [-0.4, -0.2) is 39.5 Å². The molecule has 1 saturated carbocycles. The number of allylic oxidation sites excluding steroid dienone is 4. The number of aromatic nitrogens is 1. The van der Waals surface area contributed by atoms with E-state index in [1.807, 2.05) is 37.4 Å². The topological polar surface area (TPSA) is 103 Å². The van der Waals surface area contributed by atoms with Crippen molar-refractivity contribution in [3.05, 3.63) is 65.2 Å². The number of Topliss-reactive ketones (excluding diaryl/α,β-unsaturated/α-hetero) is 1. The predicted octanol–water partition coefficient (Wildman–Crippen LogP) is 3.73. The Hall–Kier alpha value is -3.22. The minimum atomic E-state index is -0.985. The molecule has 0 amide bonds. The van der Waals surface area contributed by atoms with Gasteiger partial charge in [-0.15, -0.1) is 0 Å². The van der Waals surface area contributed by atoms with Gasteiger partial charge < -0.3 is 14.6 Å². The Balaban J connectivity index is 1.57. The lowest BCUT2D eigenvalue weighted by Gasteiger charge is -2.45. The summed E-state index contributed by atoms with van der Waals surface area (Å²) in [6.45, 7) is 5.53. The molecule has 2 unspecified atom stereocenters. The lowest BCUT2D eigenvalue weighted by molar-refractivity contribution is -0.157. The molecular formula is C26H27NO6. The Morgan fingerprint density at radius 3 is 2.73 bits per heavy atom. The van der Waals surface area contributed by atoms with E-state index in [4.69, 9.17) is 9.47 Å². The summed E-state index contributed by atoms with van der Waals surface area (Å²) in [5.41, 5.74) is 1.18. The van der Waals surface area contributed by atoms with Gasteiger partial charge in [-0.05, 0) is 36.6 Å². The van der Waals surface area contributed by atoms with Crippen LogP contribution in [0.3, 0.4) is 0 Å². The highest BCUT2D eigenvalue weighted by molar-refractivity contribution is 6.02. The van der Waals surface area contributed by atoms with Crippen LogP contribution in [0.4, 0.5) is 0 Å². The maximum absolute atomic E-state index is 12.6. The van der Waals surface area contributed by atoms with E-state index in [1.54, 1.807) is 6.20 Å². The van der Waals surface area contributed by atoms with Crippen molar-refractivity contribution < 1.29 is 29.0 Å². The van der Waals surface area contributed by atoms with E-state index >= 15 is 0 Å². The summed E-state index contributed by atoms with van der Waals surface area (Å²) in [5, 5.41) is 9.47. The van der Waals surface area contributed by atoms with E-state index in [1.165, 1.54) is 6.92 Å². The fourth-order valence-corrected chi connectivity index (χ4v) is 6.53. The average Bonchev–Trinajstić information content (AvgIpc) is 2.99. The highest BCUT2D eigenvalue weighted by atomic mass is 16.6. The van der Waals surface area contributed by atoms with Crippen LogP contribution < -0.4 is 0 Å². The van der Waals surface area contributed by atoms with Gasteiger partial charge in [0.2, 0.25) is 0 Å². The van der Waals surface area contributed by atoms with Crippen molar-refractivity contribution in [3.8, 4) is 0 Å². The van der Waals surface area contributed by atoms with Crippen molar-refractivity contribution in [2.75, 3.05) is 0 Å². The molecular weight excluding hydrogens is 422 g/mol. The maximum Gasteiger partial charge on any atom is 0.307 e. The molecule has 172 valence electrons. The highest BCUT2D eigenvalue weighted by Gasteiger charge is 2.63. The number of fused-ring (bicyclic) bond motifs is 3. The van der Waals surface area contributed by atoms with Crippen LogP contribution in [0, 0.1) is 17.3 Å². The molecule has 0 saturated heterocycles. The number of carboxylic acids is 1. The normalized spacial score (nSPS) is 36.8. The molecule has 0 bridgehead atoms. The van der Waals surface area contributed by atoms with Gasteiger partial charge in [0.05, 0.1) is 11.5 Å². The third-order valence-corrected chi connectivity index (χ3v) is 7.77. The fourth-order valence-electron chi connectivity index (χ4n) is 6.53. The number of carboxylic acid groups (broad SMARTS) is 1. The summed E-state index contributed by atoms with van der Waals surface area (Å²) in [6.07, 6.45) is 9.96. The summed E-state index contributed by atoms with van der Waals surface area (Å²) in [5.74, 6) is -2.02. The molecule has 0 aromatic carbocycles. The van der Waals surface area contributed by atoms with E-state index in [0.29, 0.717) is 17.8 Å². The Labute approximate surface area is 192 Å². The number of nitrogens with zero attached hydrogens (tertiary/aromatic N) is 1. The van der Waals surface area contributed by atoms with Crippen LogP contribution in [0.1, 0.15) is 51.5 Å². The van der Waals surface area contributed by atoms with Crippen LogP contribution in [0.25, 0.3) is 0 Å². The Morgan fingerprint density at radius 2 is 2.06 bits per heavy atom. The van der Waals surface area contributed by atoms with Crippen LogP contribution in [-0.2, 0) is 23.9 Å². The zero-order chi connectivity index (χ0) is 23.5. The molecule has 1 aromatic heterocycles. The van der Waals surface area contributed by atoms with Crippen LogP contribution in [0.5, 0.6) is 0 Å². The SMILES string of the molecule is CC(=O)OC1(C)C[C@H]2[C@@H]3OC4=C(C=C3C=C[C@]2(C)[C@H]1c1cccnc1)C(=O)CC(C(=O)O)C4.